The van der Waals surface area contributed by atoms with E-state index in [9.17, 15) is 19.8 Å². The molecule has 40 heavy (non-hydrogen) atoms. The molecule has 2 N–H and O–H groups in total. The average molecular weight is 557 g/mol. The van der Waals surface area contributed by atoms with Gasteiger partial charge in [-0.3, -0.25) is 14.5 Å². The minimum atomic E-state index is -0.931. The number of fused-ring (bicyclic) bond motifs is 1. The number of aliphatic hydroxyl groups is 1. The third-order valence-electron chi connectivity index (χ3n) is 7.82. The second kappa shape index (κ2) is 13.7. The topological polar surface area (TPSA) is 118 Å². The second-order valence-corrected chi connectivity index (χ2v) is 10.3. The van der Waals surface area contributed by atoms with Gasteiger partial charge in [0.2, 0.25) is 18.4 Å². The number of carbonyl (C=O) groups excluding carboxylic acids is 1. The number of methoxy groups -OCH3 is 2. The van der Waals surface area contributed by atoms with Crippen LogP contribution >= 0.6 is 0 Å². The summed E-state index contributed by atoms with van der Waals surface area (Å²) in [5, 5.41) is 19.9. The van der Waals surface area contributed by atoms with Gasteiger partial charge in [0.1, 0.15) is 5.75 Å². The van der Waals surface area contributed by atoms with Gasteiger partial charge >= 0.3 is 5.97 Å². The number of ether oxygens (including phenoxy) is 4. The normalized spacial score (nSPS) is 19.9. The van der Waals surface area contributed by atoms with E-state index in [1.807, 2.05) is 41.3 Å². The van der Waals surface area contributed by atoms with Gasteiger partial charge in [0.25, 0.3) is 0 Å². The zero-order valence-corrected chi connectivity index (χ0v) is 23.5. The van der Waals surface area contributed by atoms with E-state index >= 15 is 0 Å². The van der Waals surface area contributed by atoms with Crippen molar-refractivity contribution in [2.24, 2.45) is 5.92 Å². The van der Waals surface area contributed by atoms with Crippen molar-refractivity contribution >= 4 is 11.9 Å². The number of carboxylic acid groups (broad SMARTS) is 1. The molecule has 1 amide bonds. The Bertz CT molecular complexity index is 1160. The highest BCUT2D eigenvalue weighted by Gasteiger charge is 2.48. The molecule has 2 aliphatic rings. The Labute approximate surface area is 235 Å². The monoisotopic (exact) mass is 556 g/mol. The van der Waals surface area contributed by atoms with Gasteiger partial charge in [-0.05, 0) is 48.6 Å². The maximum atomic E-state index is 13.6. The molecule has 0 aromatic heterocycles. The summed E-state index contributed by atoms with van der Waals surface area (Å²) in [5.74, 6) is -0.0367. The van der Waals surface area contributed by atoms with Gasteiger partial charge in [0.15, 0.2) is 11.5 Å². The molecule has 10 nitrogen and oxygen atoms in total. The molecule has 2 aromatic rings. The van der Waals surface area contributed by atoms with Crippen molar-refractivity contribution in [1.29, 1.82) is 0 Å². The maximum absolute atomic E-state index is 13.6. The number of para-hydroxylation sites is 1. The fraction of sp³-hybridized carbons (Fsp3) is 0.533. The van der Waals surface area contributed by atoms with Crippen molar-refractivity contribution in [3.63, 3.8) is 0 Å². The molecule has 218 valence electrons. The zero-order chi connectivity index (χ0) is 28.6. The van der Waals surface area contributed by atoms with E-state index in [0.717, 1.165) is 24.0 Å². The Hall–Kier alpha value is -3.50. The summed E-state index contributed by atoms with van der Waals surface area (Å²) in [4.78, 5) is 30.3. The van der Waals surface area contributed by atoms with E-state index in [4.69, 9.17) is 18.9 Å². The SMILES string of the molecule is CCCCN(CCCO)C(=O)CN1C[C@H](c2cc(OC)c3c(c2)OCO3)[C@@H](C(=O)O)[C@@H]1Cc1ccccc1OC. The first kappa shape index (κ1) is 29.5. The van der Waals surface area contributed by atoms with Crippen molar-refractivity contribution in [1.82, 2.24) is 9.80 Å². The largest absolute Gasteiger partial charge is 0.496 e. The summed E-state index contributed by atoms with van der Waals surface area (Å²) < 4.78 is 22.3. The van der Waals surface area contributed by atoms with Gasteiger partial charge < -0.3 is 34.1 Å². The van der Waals surface area contributed by atoms with Crippen LogP contribution in [0.2, 0.25) is 0 Å². The van der Waals surface area contributed by atoms with Crippen LogP contribution in [0.15, 0.2) is 36.4 Å². The number of nitrogens with zero attached hydrogens (tertiary/aromatic N) is 2. The highest BCUT2D eigenvalue weighted by molar-refractivity contribution is 5.79. The van der Waals surface area contributed by atoms with E-state index in [1.54, 1.807) is 12.0 Å². The smallest absolute Gasteiger partial charge is 0.308 e. The van der Waals surface area contributed by atoms with Crippen LogP contribution in [0.1, 0.15) is 43.2 Å². The van der Waals surface area contributed by atoms with Crippen molar-refractivity contribution in [3.8, 4) is 23.0 Å². The predicted molar refractivity (Wildman–Crippen MR) is 148 cm³/mol. The van der Waals surface area contributed by atoms with E-state index in [-0.39, 0.29) is 25.9 Å². The van der Waals surface area contributed by atoms with E-state index in [2.05, 4.69) is 6.92 Å². The molecule has 2 heterocycles. The average Bonchev–Trinajstić information content (AvgIpc) is 3.57. The van der Waals surface area contributed by atoms with Crippen LogP contribution in [-0.2, 0) is 16.0 Å². The summed E-state index contributed by atoms with van der Waals surface area (Å²) in [6, 6.07) is 10.7. The molecular weight excluding hydrogens is 516 g/mol. The molecule has 2 aliphatic heterocycles. The van der Waals surface area contributed by atoms with Crippen LogP contribution in [0.3, 0.4) is 0 Å². The van der Waals surface area contributed by atoms with Crippen molar-refractivity contribution in [3.05, 3.63) is 47.5 Å². The Kier molecular flexibility index (Phi) is 10.1. The molecule has 2 aromatic carbocycles. The van der Waals surface area contributed by atoms with E-state index in [1.165, 1.54) is 7.11 Å². The Morgan fingerprint density at radius 3 is 2.52 bits per heavy atom. The summed E-state index contributed by atoms with van der Waals surface area (Å²) in [7, 11) is 3.13. The zero-order valence-electron chi connectivity index (χ0n) is 23.5. The third-order valence-corrected chi connectivity index (χ3v) is 7.82. The number of hydrogen-bond acceptors (Lipinski definition) is 8. The first-order chi connectivity index (χ1) is 19.4. The molecule has 1 fully saturated rings. The first-order valence-corrected chi connectivity index (χ1v) is 13.9. The van der Waals surface area contributed by atoms with Crippen LogP contribution in [0, 0.1) is 5.92 Å². The number of carboxylic acids is 1. The summed E-state index contributed by atoms with van der Waals surface area (Å²) >= 11 is 0. The first-order valence-electron chi connectivity index (χ1n) is 13.9. The quantitative estimate of drug-likeness (QED) is 0.362. The summed E-state index contributed by atoms with van der Waals surface area (Å²) in [6.45, 7) is 3.66. The number of likely N-dealkylation sites (tertiary alicyclic amines) is 1. The molecule has 0 saturated carbocycles. The number of rotatable bonds is 14. The van der Waals surface area contributed by atoms with Crippen molar-refractivity contribution in [2.75, 3.05) is 53.8 Å². The minimum Gasteiger partial charge on any atom is -0.496 e. The molecule has 4 rings (SSSR count). The number of benzene rings is 2. The van der Waals surface area contributed by atoms with Crippen LogP contribution in [0.5, 0.6) is 23.0 Å². The van der Waals surface area contributed by atoms with Gasteiger partial charge in [0, 0.05) is 38.2 Å². The molecule has 0 spiro atoms. The van der Waals surface area contributed by atoms with Crippen LogP contribution in [-0.4, -0.2) is 91.7 Å². The number of hydrogen-bond donors (Lipinski definition) is 2. The second-order valence-electron chi connectivity index (χ2n) is 10.3. The Morgan fingerprint density at radius 1 is 1.07 bits per heavy atom. The van der Waals surface area contributed by atoms with Gasteiger partial charge in [-0.1, -0.05) is 31.5 Å². The highest BCUT2D eigenvalue weighted by atomic mass is 16.7. The minimum absolute atomic E-state index is 0.00511. The van der Waals surface area contributed by atoms with E-state index < -0.39 is 23.8 Å². The number of amides is 1. The van der Waals surface area contributed by atoms with Gasteiger partial charge in [-0.15, -0.1) is 0 Å². The highest BCUT2D eigenvalue weighted by Crippen LogP contribution is 2.47. The number of carbonyl (C=O) groups is 2. The third kappa shape index (κ3) is 6.45. The van der Waals surface area contributed by atoms with Crippen LogP contribution < -0.4 is 18.9 Å². The van der Waals surface area contributed by atoms with Crippen molar-refractivity contribution < 1.29 is 38.7 Å². The lowest BCUT2D eigenvalue weighted by molar-refractivity contribution is -0.143. The van der Waals surface area contributed by atoms with E-state index in [0.29, 0.717) is 55.5 Å². The number of aliphatic hydroxyl groups excluding tert-OH is 1. The van der Waals surface area contributed by atoms with Crippen LogP contribution in [0.25, 0.3) is 0 Å². The molecular formula is C30H40N2O8. The number of aliphatic carboxylic acids is 1. The Balaban J connectivity index is 1.70. The molecule has 10 heteroatoms. The van der Waals surface area contributed by atoms with Gasteiger partial charge in [-0.25, -0.2) is 0 Å². The maximum Gasteiger partial charge on any atom is 0.308 e. The fourth-order valence-electron chi connectivity index (χ4n) is 5.79. The molecule has 1 saturated heterocycles. The standard InChI is InChI=1S/C30H40N2O8/c1-4-5-11-31(12-8-13-33)27(34)18-32-17-22(21-15-25(38-3)29-26(16-21)39-19-40-29)28(30(35)36)23(32)14-20-9-6-7-10-24(20)37-2/h6-7,9-10,15-16,22-23,28,33H,4-5,8,11-14,17-19H2,1-3H3,(H,35,36)/t22-,23+,28-/m1/s1. The van der Waals surface area contributed by atoms with Crippen LogP contribution in [0.4, 0.5) is 0 Å². The molecule has 3 atom stereocenters. The lowest BCUT2D eigenvalue weighted by atomic mass is 9.83. The van der Waals surface area contributed by atoms with Crippen molar-refractivity contribution in [2.45, 2.75) is 44.6 Å². The predicted octanol–water partition coefficient (Wildman–Crippen LogP) is 3.15. The summed E-state index contributed by atoms with van der Waals surface area (Å²) in [5.41, 5.74) is 1.64. The lowest BCUT2D eigenvalue weighted by Crippen LogP contribution is -2.45. The number of unbranched alkanes of at least 4 members (excludes halogenated alkanes) is 1. The lowest BCUT2D eigenvalue weighted by Gasteiger charge is -2.30. The molecule has 0 unspecified atom stereocenters. The molecule has 0 bridgehead atoms. The fourth-order valence-corrected chi connectivity index (χ4v) is 5.79. The summed E-state index contributed by atoms with van der Waals surface area (Å²) in [6.07, 6.45) is 2.70. The van der Waals surface area contributed by atoms with Gasteiger partial charge in [-0.2, -0.15) is 0 Å². The molecule has 0 aliphatic carbocycles. The Morgan fingerprint density at radius 2 is 1.82 bits per heavy atom. The van der Waals surface area contributed by atoms with Gasteiger partial charge in [0.05, 0.1) is 26.7 Å². The molecule has 0 radical (unpaired) electrons.